The first-order valence-corrected chi connectivity index (χ1v) is 5.59. The lowest BCUT2D eigenvalue weighted by molar-refractivity contribution is 0.899. The molecule has 1 rings (SSSR count). The summed E-state index contributed by atoms with van der Waals surface area (Å²) in [7, 11) is 0. The smallest absolute Gasteiger partial charge is 0.238 e. The van der Waals surface area contributed by atoms with Crippen LogP contribution in [0.5, 0.6) is 0 Å². The zero-order valence-electron chi connectivity index (χ0n) is 8.12. The molecular formula is C8H13ClN4S. The molecule has 1 unspecified atom stereocenters. The zero-order valence-corrected chi connectivity index (χ0v) is 9.69. The molecule has 0 saturated carbocycles. The first kappa shape index (κ1) is 11.6. The molecule has 0 aliphatic rings. The second-order valence-corrected chi connectivity index (χ2v) is 4.66. The van der Waals surface area contributed by atoms with E-state index in [2.05, 4.69) is 29.2 Å². The molecule has 4 nitrogen and oxygen atoms in total. The average Bonchev–Trinajstić information content (AvgIpc) is 2.21. The van der Waals surface area contributed by atoms with E-state index in [9.17, 15) is 0 Å². The fourth-order valence-corrected chi connectivity index (χ4v) is 1.85. The van der Waals surface area contributed by atoms with Crippen molar-refractivity contribution >= 4 is 29.3 Å². The fourth-order valence-electron chi connectivity index (χ4n) is 0.778. The van der Waals surface area contributed by atoms with E-state index in [-0.39, 0.29) is 0 Å². The number of hydrogen-bond acceptors (Lipinski definition) is 5. The Morgan fingerprint density at radius 3 is 3.00 bits per heavy atom. The quantitative estimate of drug-likeness (QED) is 0.361. The van der Waals surface area contributed by atoms with E-state index in [0.29, 0.717) is 16.2 Å². The summed E-state index contributed by atoms with van der Waals surface area (Å²) in [6.07, 6.45) is 2.62. The van der Waals surface area contributed by atoms with Gasteiger partial charge in [0.15, 0.2) is 0 Å². The molecule has 14 heavy (non-hydrogen) atoms. The van der Waals surface area contributed by atoms with Crippen LogP contribution in [0.1, 0.15) is 20.3 Å². The zero-order chi connectivity index (χ0) is 10.6. The molecule has 1 atom stereocenters. The lowest BCUT2D eigenvalue weighted by Gasteiger charge is -2.09. The summed E-state index contributed by atoms with van der Waals surface area (Å²) in [4.78, 5) is 8.06. The number of aromatic nitrogens is 2. The molecule has 0 aliphatic heterocycles. The van der Waals surface area contributed by atoms with Crippen LogP contribution in [0.15, 0.2) is 11.2 Å². The second-order valence-electron chi connectivity index (χ2n) is 2.83. The van der Waals surface area contributed by atoms with Crippen LogP contribution in [0.4, 0.5) is 5.95 Å². The van der Waals surface area contributed by atoms with Crippen molar-refractivity contribution < 1.29 is 0 Å². The lowest BCUT2D eigenvalue weighted by Crippen LogP contribution is -2.10. The van der Waals surface area contributed by atoms with Gasteiger partial charge >= 0.3 is 0 Å². The Bertz CT molecular complexity index is 307. The van der Waals surface area contributed by atoms with Gasteiger partial charge in [0.2, 0.25) is 5.95 Å². The maximum absolute atomic E-state index is 5.94. The molecular weight excluding hydrogens is 220 g/mol. The van der Waals surface area contributed by atoms with Crippen LogP contribution >= 0.6 is 23.4 Å². The SMILES string of the molecule is CCC(C)Sc1nc(NN)ncc1Cl. The van der Waals surface area contributed by atoms with Gasteiger partial charge in [-0.25, -0.2) is 15.8 Å². The molecule has 6 heteroatoms. The molecule has 1 heterocycles. The van der Waals surface area contributed by atoms with Gasteiger partial charge in [-0.2, -0.15) is 0 Å². The number of halogens is 1. The molecule has 78 valence electrons. The number of nitrogens with two attached hydrogens (primary N) is 1. The van der Waals surface area contributed by atoms with Crippen LogP contribution < -0.4 is 11.3 Å². The number of rotatable bonds is 4. The van der Waals surface area contributed by atoms with Gasteiger partial charge in [-0.1, -0.05) is 25.4 Å². The normalized spacial score (nSPS) is 12.6. The Kier molecular flexibility index (Phi) is 4.44. The average molecular weight is 233 g/mol. The van der Waals surface area contributed by atoms with Crippen LogP contribution in [0.25, 0.3) is 0 Å². The van der Waals surface area contributed by atoms with Crippen molar-refractivity contribution in [2.75, 3.05) is 5.43 Å². The monoisotopic (exact) mass is 232 g/mol. The second kappa shape index (κ2) is 5.38. The molecule has 0 aliphatic carbocycles. The van der Waals surface area contributed by atoms with Gasteiger partial charge in [-0.15, -0.1) is 11.8 Å². The Morgan fingerprint density at radius 2 is 2.43 bits per heavy atom. The minimum atomic E-state index is 0.389. The summed E-state index contributed by atoms with van der Waals surface area (Å²) in [6.45, 7) is 4.24. The Morgan fingerprint density at radius 1 is 1.71 bits per heavy atom. The molecule has 0 radical (unpaired) electrons. The van der Waals surface area contributed by atoms with Crippen molar-refractivity contribution in [2.24, 2.45) is 5.84 Å². The van der Waals surface area contributed by atoms with Gasteiger partial charge in [-0.05, 0) is 6.42 Å². The summed E-state index contributed by atoms with van der Waals surface area (Å²) in [5, 5.41) is 1.81. The summed E-state index contributed by atoms with van der Waals surface area (Å²) < 4.78 is 0. The number of hydrogen-bond donors (Lipinski definition) is 2. The number of nitrogens with one attached hydrogen (secondary N) is 1. The van der Waals surface area contributed by atoms with Gasteiger partial charge in [-0.3, -0.25) is 5.43 Å². The van der Waals surface area contributed by atoms with Crippen molar-refractivity contribution in [1.82, 2.24) is 9.97 Å². The van der Waals surface area contributed by atoms with E-state index in [0.717, 1.165) is 11.4 Å². The van der Waals surface area contributed by atoms with Crippen LogP contribution in [-0.4, -0.2) is 15.2 Å². The minimum absolute atomic E-state index is 0.389. The van der Waals surface area contributed by atoms with Crippen molar-refractivity contribution in [3.05, 3.63) is 11.2 Å². The number of nitrogen functional groups attached to an aromatic ring is 1. The summed E-state index contributed by atoms with van der Waals surface area (Å²) in [6, 6.07) is 0. The molecule has 0 saturated heterocycles. The first-order chi connectivity index (χ1) is 6.67. The van der Waals surface area contributed by atoms with Gasteiger partial charge in [0.25, 0.3) is 0 Å². The predicted molar refractivity (Wildman–Crippen MR) is 60.5 cm³/mol. The van der Waals surface area contributed by atoms with Crippen molar-refractivity contribution in [3.8, 4) is 0 Å². The molecule has 3 N–H and O–H groups in total. The van der Waals surface area contributed by atoms with Crippen molar-refractivity contribution in [2.45, 2.75) is 30.5 Å². The third-order valence-corrected chi connectivity index (χ3v) is 3.39. The lowest BCUT2D eigenvalue weighted by atomic mass is 10.4. The van der Waals surface area contributed by atoms with Gasteiger partial charge < -0.3 is 0 Å². The first-order valence-electron chi connectivity index (χ1n) is 4.33. The Balaban J connectivity index is 2.83. The maximum Gasteiger partial charge on any atom is 0.238 e. The van der Waals surface area contributed by atoms with Gasteiger partial charge in [0.1, 0.15) is 5.03 Å². The molecule has 0 amide bonds. The van der Waals surface area contributed by atoms with Crippen molar-refractivity contribution in [3.63, 3.8) is 0 Å². The standard InChI is InChI=1S/C8H13ClN4S/c1-3-5(2)14-7-6(9)4-11-8(12-7)13-10/h4-5H,3,10H2,1-2H3,(H,11,12,13). The highest BCUT2D eigenvalue weighted by Crippen LogP contribution is 2.29. The number of nitrogens with zero attached hydrogens (tertiary/aromatic N) is 2. The van der Waals surface area contributed by atoms with Gasteiger partial charge in [0, 0.05) is 5.25 Å². The highest BCUT2D eigenvalue weighted by Gasteiger charge is 2.09. The summed E-state index contributed by atoms with van der Waals surface area (Å²) >= 11 is 7.56. The van der Waals surface area contributed by atoms with E-state index in [1.807, 2.05) is 0 Å². The molecule has 0 fully saturated rings. The maximum atomic E-state index is 5.94. The van der Waals surface area contributed by atoms with Crippen LogP contribution in [-0.2, 0) is 0 Å². The number of anilines is 1. The molecule has 0 aromatic carbocycles. The van der Waals surface area contributed by atoms with Crippen LogP contribution in [0, 0.1) is 0 Å². The molecule has 1 aromatic rings. The van der Waals surface area contributed by atoms with Crippen molar-refractivity contribution in [1.29, 1.82) is 0 Å². The minimum Gasteiger partial charge on any atom is -0.292 e. The molecule has 0 spiro atoms. The van der Waals surface area contributed by atoms with Gasteiger partial charge in [0.05, 0.1) is 11.2 Å². The Hall–Kier alpha value is -0.520. The largest absolute Gasteiger partial charge is 0.292 e. The van der Waals surface area contributed by atoms with Crippen LogP contribution in [0.2, 0.25) is 5.02 Å². The number of hydrazine groups is 1. The predicted octanol–water partition coefficient (Wildman–Crippen LogP) is 2.31. The molecule has 1 aromatic heterocycles. The summed E-state index contributed by atoms with van der Waals surface area (Å²) in [5.74, 6) is 5.59. The van der Waals surface area contributed by atoms with E-state index < -0.39 is 0 Å². The third kappa shape index (κ3) is 3.01. The molecule has 0 bridgehead atoms. The van der Waals surface area contributed by atoms with E-state index in [1.54, 1.807) is 18.0 Å². The highest BCUT2D eigenvalue weighted by atomic mass is 35.5. The fraction of sp³-hybridized carbons (Fsp3) is 0.500. The van der Waals surface area contributed by atoms with Crippen LogP contribution in [0.3, 0.4) is 0 Å². The van der Waals surface area contributed by atoms with E-state index in [1.165, 1.54) is 0 Å². The Labute approximate surface area is 92.6 Å². The number of thioether (sulfide) groups is 1. The van der Waals surface area contributed by atoms with E-state index in [4.69, 9.17) is 17.4 Å². The third-order valence-electron chi connectivity index (χ3n) is 1.73. The topological polar surface area (TPSA) is 63.8 Å². The van der Waals surface area contributed by atoms with E-state index >= 15 is 0 Å². The summed E-state index contributed by atoms with van der Waals surface area (Å²) in [5.41, 5.74) is 2.39. The highest BCUT2D eigenvalue weighted by molar-refractivity contribution is 7.99.